The van der Waals surface area contributed by atoms with Crippen LogP contribution in [0, 0.1) is 18.7 Å². The number of aryl methyl sites for hydroxylation is 1. The molecule has 0 aromatic heterocycles. The Hall–Kier alpha value is -0.930. The summed E-state index contributed by atoms with van der Waals surface area (Å²) in [4.78, 5) is 0. The second-order valence-electron chi connectivity index (χ2n) is 6.16. The van der Waals surface area contributed by atoms with Crippen LogP contribution in [0.15, 0.2) is 18.2 Å². The number of halogens is 1. The summed E-state index contributed by atoms with van der Waals surface area (Å²) in [5.41, 5.74) is 8.10. The highest BCUT2D eigenvalue weighted by Gasteiger charge is 2.41. The number of hydrogen-bond donors (Lipinski definition) is 1. The maximum absolute atomic E-state index is 13.6. The fraction of sp³-hybridized carbons (Fsp3) is 0.647. The summed E-state index contributed by atoms with van der Waals surface area (Å²) >= 11 is 0. The normalized spacial score (nSPS) is 28.4. The standard InChI is InChI=1S/C17H26FNO/c1-4-20-17(9-7-12(2)8-10-17)16(19)15-11-14(18)6-5-13(15)3/h5-6,11-12,16H,4,7-10,19H2,1-3H3. The van der Waals surface area contributed by atoms with E-state index >= 15 is 0 Å². The van der Waals surface area contributed by atoms with Crippen LogP contribution in [-0.2, 0) is 4.74 Å². The molecule has 1 saturated carbocycles. The van der Waals surface area contributed by atoms with Crippen molar-refractivity contribution in [3.8, 4) is 0 Å². The summed E-state index contributed by atoms with van der Waals surface area (Å²) < 4.78 is 19.6. The van der Waals surface area contributed by atoms with E-state index in [4.69, 9.17) is 10.5 Å². The topological polar surface area (TPSA) is 35.2 Å². The molecule has 2 rings (SSSR count). The summed E-state index contributed by atoms with van der Waals surface area (Å²) in [5, 5.41) is 0. The molecule has 0 amide bonds. The Balaban J connectivity index is 2.31. The van der Waals surface area contributed by atoms with E-state index in [1.807, 2.05) is 13.8 Å². The molecule has 2 N–H and O–H groups in total. The first-order chi connectivity index (χ1) is 9.48. The van der Waals surface area contributed by atoms with E-state index in [0.29, 0.717) is 6.61 Å². The van der Waals surface area contributed by atoms with E-state index in [1.165, 1.54) is 6.07 Å². The summed E-state index contributed by atoms with van der Waals surface area (Å²) in [6, 6.07) is 4.60. The first kappa shape index (κ1) is 15.5. The lowest BCUT2D eigenvalue weighted by Crippen LogP contribution is -2.46. The predicted molar refractivity (Wildman–Crippen MR) is 80.1 cm³/mol. The Bertz CT molecular complexity index is 452. The third kappa shape index (κ3) is 3.04. The molecule has 1 atom stereocenters. The number of hydrogen-bond acceptors (Lipinski definition) is 2. The molecule has 0 radical (unpaired) electrons. The molecule has 0 saturated heterocycles. The lowest BCUT2D eigenvalue weighted by Gasteiger charge is -2.43. The van der Waals surface area contributed by atoms with E-state index in [2.05, 4.69) is 6.92 Å². The Kier molecular flexibility index (Phi) is 4.82. The smallest absolute Gasteiger partial charge is 0.123 e. The van der Waals surface area contributed by atoms with Crippen LogP contribution in [0.5, 0.6) is 0 Å². The van der Waals surface area contributed by atoms with Crippen LogP contribution in [0.3, 0.4) is 0 Å². The molecule has 3 heteroatoms. The third-order valence-electron chi connectivity index (χ3n) is 4.70. The van der Waals surface area contributed by atoms with Gasteiger partial charge in [0.1, 0.15) is 5.82 Å². The maximum atomic E-state index is 13.6. The molecule has 0 heterocycles. The number of ether oxygens (including phenoxy) is 1. The van der Waals surface area contributed by atoms with Crippen LogP contribution >= 0.6 is 0 Å². The van der Waals surface area contributed by atoms with Crippen molar-refractivity contribution in [1.29, 1.82) is 0 Å². The van der Waals surface area contributed by atoms with Gasteiger partial charge in [-0.15, -0.1) is 0 Å². The van der Waals surface area contributed by atoms with Crippen LogP contribution in [0.25, 0.3) is 0 Å². The van der Waals surface area contributed by atoms with E-state index < -0.39 is 0 Å². The SMILES string of the molecule is CCOC1(C(N)c2cc(F)ccc2C)CCC(C)CC1. The Morgan fingerprint density at radius 1 is 1.40 bits per heavy atom. The van der Waals surface area contributed by atoms with Gasteiger partial charge in [0.25, 0.3) is 0 Å². The lowest BCUT2D eigenvalue weighted by atomic mass is 9.73. The molecule has 1 unspecified atom stereocenters. The molecular weight excluding hydrogens is 253 g/mol. The van der Waals surface area contributed by atoms with Crippen molar-refractivity contribution in [3.63, 3.8) is 0 Å². The number of nitrogens with two attached hydrogens (primary N) is 1. The molecular formula is C17H26FNO. The number of rotatable bonds is 4. The Morgan fingerprint density at radius 2 is 2.05 bits per heavy atom. The average Bonchev–Trinajstić information content (AvgIpc) is 2.44. The van der Waals surface area contributed by atoms with Crippen molar-refractivity contribution in [2.24, 2.45) is 11.7 Å². The van der Waals surface area contributed by atoms with Gasteiger partial charge in [-0.1, -0.05) is 13.0 Å². The Labute approximate surface area is 121 Å². The first-order valence-electron chi connectivity index (χ1n) is 7.64. The second-order valence-corrected chi connectivity index (χ2v) is 6.16. The van der Waals surface area contributed by atoms with Crippen molar-refractivity contribution < 1.29 is 9.13 Å². The van der Waals surface area contributed by atoms with Crippen LogP contribution in [0.2, 0.25) is 0 Å². The molecule has 2 nitrogen and oxygen atoms in total. The zero-order valence-corrected chi connectivity index (χ0v) is 12.8. The van der Waals surface area contributed by atoms with Crippen molar-refractivity contribution in [2.45, 2.75) is 58.1 Å². The van der Waals surface area contributed by atoms with E-state index in [1.54, 1.807) is 12.1 Å². The highest BCUT2D eigenvalue weighted by atomic mass is 19.1. The zero-order valence-electron chi connectivity index (χ0n) is 12.8. The minimum absolute atomic E-state index is 0.225. The van der Waals surface area contributed by atoms with Crippen molar-refractivity contribution in [1.82, 2.24) is 0 Å². The molecule has 112 valence electrons. The molecule has 0 aliphatic heterocycles. The highest BCUT2D eigenvalue weighted by Crippen LogP contribution is 2.42. The van der Waals surface area contributed by atoms with Gasteiger partial charge in [-0.25, -0.2) is 4.39 Å². The van der Waals surface area contributed by atoms with Gasteiger partial charge in [0.2, 0.25) is 0 Å². The monoisotopic (exact) mass is 279 g/mol. The van der Waals surface area contributed by atoms with Crippen LogP contribution in [0.1, 0.15) is 56.7 Å². The zero-order chi connectivity index (χ0) is 14.8. The van der Waals surface area contributed by atoms with E-state index in [-0.39, 0.29) is 17.5 Å². The van der Waals surface area contributed by atoms with Gasteiger partial charge in [0.05, 0.1) is 11.6 Å². The van der Waals surface area contributed by atoms with Gasteiger partial charge in [0.15, 0.2) is 0 Å². The van der Waals surface area contributed by atoms with Gasteiger partial charge in [0, 0.05) is 6.61 Å². The summed E-state index contributed by atoms with van der Waals surface area (Å²) in [7, 11) is 0. The van der Waals surface area contributed by atoms with Gasteiger partial charge in [-0.05, 0) is 68.7 Å². The van der Waals surface area contributed by atoms with Crippen molar-refractivity contribution in [3.05, 3.63) is 35.1 Å². The summed E-state index contributed by atoms with van der Waals surface area (Å²) in [6.45, 7) is 6.91. The summed E-state index contributed by atoms with van der Waals surface area (Å²) in [5.74, 6) is 0.501. The maximum Gasteiger partial charge on any atom is 0.123 e. The number of benzene rings is 1. The molecule has 20 heavy (non-hydrogen) atoms. The molecule has 1 aromatic carbocycles. The molecule has 1 aromatic rings. The minimum Gasteiger partial charge on any atom is -0.373 e. The second kappa shape index (κ2) is 6.23. The van der Waals surface area contributed by atoms with E-state index in [0.717, 1.165) is 42.7 Å². The quantitative estimate of drug-likeness (QED) is 0.899. The first-order valence-corrected chi connectivity index (χ1v) is 7.64. The molecule has 1 aliphatic carbocycles. The molecule has 1 fully saturated rings. The van der Waals surface area contributed by atoms with E-state index in [9.17, 15) is 4.39 Å². The minimum atomic E-state index is -0.334. The fourth-order valence-electron chi connectivity index (χ4n) is 3.31. The van der Waals surface area contributed by atoms with Crippen LogP contribution in [0.4, 0.5) is 4.39 Å². The van der Waals surface area contributed by atoms with Crippen molar-refractivity contribution >= 4 is 0 Å². The third-order valence-corrected chi connectivity index (χ3v) is 4.70. The van der Waals surface area contributed by atoms with Gasteiger partial charge in [-0.2, -0.15) is 0 Å². The average molecular weight is 279 g/mol. The molecule has 0 bridgehead atoms. The molecule has 0 spiro atoms. The van der Waals surface area contributed by atoms with Gasteiger partial charge < -0.3 is 10.5 Å². The fourth-order valence-corrected chi connectivity index (χ4v) is 3.31. The van der Waals surface area contributed by atoms with Gasteiger partial charge in [-0.3, -0.25) is 0 Å². The highest BCUT2D eigenvalue weighted by molar-refractivity contribution is 5.31. The summed E-state index contributed by atoms with van der Waals surface area (Å²) in [6.07, 6.45) is 4.17. The van der Waals surface area contributed by atoms with Crippen LogP contribution < -0.4 is 5.73 Å². The Morgan fingerprint density at radius 3 is 2.65 bits per heavy atom. The largest absolute Gasteiger partial charge is 0.373 e. The van der Waals surface area contributed by atoms with Crippen molar-refractivity contribution in [2.75, 3.05) is 6.61 Å². The van der Waals surface area contributed by atoms with Gasteiger partial charge >= 0.3 is 0 Å². The van der Waals surface area contributed by atoms with Crippen LogP contribution in [-0.4, -0.2) is 12.2 Å². The molecule has 1 aliphatic rings. The predicted octanol–water partition coefficient (Wildman–Crippen LogP) is 4.12. The lowest BCUT2D eigenvalue weighted by molar-refractivity contribution is -0.0898.